The Bertz CT molecular complexity index is 316. The fourth-order valence-electron chi connectivity index (χ4n) is 2.17. The van der Waals surface area contributed by atoms with Gasteiger partial charge in [0.1, 0.15) is 5.82 Å². The maximum absolute atomic E-state index is 4.44. The van der Waals surface area contributed by atoms with Gasteiger partial charge in [0.2, 0.25) is 0 Å². The van der Waals surface area contributed by atoms with Crippen LogP contribution in [0.25, 0.3) is 0 Å². The van der Waals surface area contributed by atoms with Crippen LogP contribution >= 0.6 is 0 Å². The Hall–Kier alpha value is -0.960. The highest BCUT2D eigenvalue weighted by atomic mass is 15.0. The molecule has 3 nitrogen and oxygen atoms in total. The van der Waals surface area contributed by atoms with Gasteiger partial charge in [-0.2, -0.15) is 0 Å². The van der Waals surface area contributed by atoms with Crippen LogP contribution in [-0.2, 0) is 0 Å². The predicted molar refractivity (Wildman–Crippen MR) is 65.1 cm³/mol. The zero-order chi connectivity index (χ0) is 11.4. The van der Waals surface area contributed by atoms with Gasteiger partial charge in [0.15, 0.2) is 0 Å². The number of aryl methyl sites for hydroxylation is 1. The minimum Gasteiger partial charge on any atom is -0.308 e. The molecule has 1 unspecified atom stereocenters. The van der Waals surface area contributed by atoms with E-state index in [1.54, 1.807) is 0 Å². The Morgan fingerprint density at radius 1 is 1.38 bits per heavy atom. The van der Waals surface area contributed by atoms with Gasteiger partial charge in [0.25, 0.3) is 0 Å². The highest BCUT2D eigenvalue weighted by molar-refractivity contribution is 5.05. The SMILES string of the molecule is CCNC(CC1CCC1)c1ncc(C)cn1. The van der Waals surface area contributed by atoms with Gasteiger partial charge in [-0.3, -0.25) is 0 Å². The molecule has 88 valence electrons. The van der Waals surface area contributed by atoms with Crippen LogP contribution < -0.4 is 5.32 Å². The minimum absolute atomic E-state index is 0.343. The van der Waals surface area contributed by atoms with Crippen LogP contribution in [0.2, 0.25) is 0 Å². The molecule has 1 heterocycles. The lowest BCUT2D eigenvalue weighted by Crippen LogP contribution is -2.27. The first-order valence-corrected chi connectivity index (χ1v) is 6.31. The van der Waals surface area contributed by atoms with Crippen molar-refractivity contribution in [2.75, 3.05) is 6.54 Å². The molecule has 1 aliphatic rings. The second kappa shape index (κ2) is 5.39. The standard InChI is InChI=1S/C13H21N3/c1-3-14-12(7-11-5-4-6-11)13-15-8-10(2)9-16-13/h8-9,11-12,14H,3-7H2,1-2H3. The Morgan fingerprint density at radius 3 is 2.56 bits per heavy atom. The summed E-state index contributed by atoms with van der Waals surface area (Å²) in [4.78, 5) is 8.87. The van der Waals surface area contributed by atoms with E-state index in [9.17, 15) is 0 Å². The van der Waals surface area contributed by atoms with Gasteiger partial charge < -0.3 is 5.32 Å². The maximum Gasteiger partial charge on any atom is 0.145 e. The van der Waals surface area contributed by atoms with Crippen LogP contribution in [0.4, 0.5) is 0 Å². The summed E-state index contributed by atoms with van der Waals surface area (Å²) in [7, 11) is 0. The number of hydrogen-bond donors (Lipinski definition) is 1. The fraction of sp³-hybridized carbons (Fsp3) is 0.692. The van der Waals surface area contributed by atoms with E-state index in [0.717, 1.165) is 23.9 Å². The molecule has 0 aliphatic heterocycles. The molecule has 16 heavy (non-hydrogen) atoms. The molecular weight excluding hydrogens is 198 g/mol. The molecule has 2 rings (SSSR count). The summed E-state index contributed by atoms with van der Waals surface area (Å²) in [5, 5.41) is 3.49. The fourth-order valence-corrected chi connectivity index (χ4v) is 2.17. The number of nitrogens with one attached hydrogen (secondary N) is 1. The normalized spacial score (nSPS) is 18.1. The van der Waals surface area contributed by atoms with Crippen molar-refractivity contribution >= 4 is 0 Å². The number of nitrogens with zero attached hydrogens (tertiary/aromatic N) is 2. The summed E-state index contributed by atoms with van der Waals surface area (Å²) >= 11 is 0. The molecule has 1 fully saturated rings. The Kier molecular flexibility index (Phi) is 3.88. The second-order valence-electron chi connectivity index (χ2n) is 4.76. The van der Waals surface area contributed by atoms with Crippen molar-refractivity contribution in [3.8, 4) is 0 Å². The van der Waals surface area contributed by atoms with E-state index in [4.69, 9.17) is 0 Å². The Labute approximate surface area is 97.7 Å². The van der Waals surface area contributed by atoms with Crippen molar-refractivity contribution in [1.29, 1.82) is 0 Å². The highest BCUT2D eigenvalue weighted by Crippen LogP contribution is 2.33. The van der Waals surface area contributed by atoms with Crippen LogP contribution in [0, 0.1) is 12.8 Å². The lowest BCUT2D eigenvalue weighted by atomic mass is 9.80. The van der Waals surface area contributed by atoms with Crippen molar-refractivity contribution in [1.82, 2.24) is 15.3 Å². The van der Waals surface area contributed by atoms with Crippen LogP contribution in [0.15, 0.2) is 12.4 Å². The molecule has 3 heteroatoms. The molecule has 0 saturated heterocycles. The van der Waals surface area contributed by atoms with E-state index in [1.165, 1.54) is 25.7 Å². The molecule has 0 radical (unpaired) electrons. The van der Waals surface area contributed by atoms with Crippen molar-refractivity contribution < 1.29 is 0 Å². The van der Waals surface area contributed by atoms with E-state index in [1.807, 2.05) is 19.3 Å². The maximum atomic E-state index is 4.44. The zero-order valence-electron chi connectivity index (χ0n) is 10.2. The summed E-state index contributed by atoms with van der Waals surface area (Å²) in [5.41, 5.74) is 1.13. The van der Waals surface area contributed by atoms with E-state index in [2.05, 4.69) is 22.2 Å². The summed E-state index contributed by atoms with van der Waals surface area (Å²) < 4.78 is 0. The van der Waals surface area contributed by atoms with Crippen LogP contribution in [0.3, 0.4) is 0 Å². The average Bonchev–Trinajstić information content (AvgIpc) is 2.23. The monoisotopic (exact) mass is 219 g/mol. The molecular formula is C13H21N3. The number of hydrogen-bond acceptors (Lipinski definition) is 3. The molecule has 1 saturated carbocycles. The molecule has 0 spiro atoms. The Morgan fingerprint density at radius 2 is 2.06 bits per heavy atom. The lowest BCUT2D eigenvalue weighted by molar-refractivity contribution is 0.258. The molecule has 1 N–H and O–H groups in total. The minimum atomic E-state index is 0.343. The molecule has 1 atom stereocenters. The van der Waals surface area contributed by atoms with E-state index < -0.39 is 0 Å². The molecule has 0 amide bonds. The lowest BCUT2D eigenvalue weighted by Gasteiger charge is -2.29. The molecule has 1 aromatic heterocycles. The van der Waals surface area contributed by atoms with Crippen molar-refractivity contribution in [2.24, 2.45) is 5.92 Å². The first-order valence-electron chi connectivity index (χ1n) is 6.31. The Balaban J connectivity index is 2.01. The van der Waals surface area contributed by atoms with Gasteiger partial charge in [-0.15, -0.1) is 0 Å². The molecule has 0 aromatic carbocycles. The quantitative estimate of drug-likeness (QED) is 0.827. The van der Waals surface area contributed by atoms with Gasteiger partial charge in [-0.25, -0.2) is 9.97 Å². The largest absolute Gasteiger partial charge is 0.308 e. The van der Waals surface area contributed by atoms with Crippen LogP contribution in [0.5, 0.6) is 0 Å². The smallest absolute Gasteiger partial charge is 0.145 e. The molecule has 0 bridgehead atoms. The van der Waals surface area contributed by atoms with Crippen molar-refractivity contribution in [3.63, 3.8) is 0 Å². The summed E-state index contributed by atoms with van der Waals surface area (Å²) in [6.07, 6.45) is 9.18. The average molecular weight is 219 g/mol. The van der Waals surface area contributed by atoms with Crippen molar-refractivity contribution in [2.45, 2.75) is 45.6 Å². The van der Waals surface area contributed by atoms with Crippen LogP contribution in [0.1, 0.15) is 50.0 Å². The highest BCUT2D eigenvalue weighted by Gasteiger charge is 2.23. The number of aromatic nitrogens is 2. The third-order valence-corrected chi connectivity index (χ3v) is 3.36. The van der Waals surface area contributed by atoms with Gasteiger partial charge in [-0.05, 0) is 31.4 Å². The second-order valence-corrected chi connectivity index (χ2v) is 4.76. The summed E-state index contributed by atoms with van der Waals surface area (Å²) in [5.74, 6) is 1.84. The zero-order valence-corrected chi connectivity index (χ0v) is 10.2. The first kappa shape index (κ1) is 11.5. The molecule has 1 aliphatic carbocycles. The van der Waals surface area contributed by atoms with Gasteiger partial charge in [0, 0.05) is 12.4 Å². The first-order chi connectivity index (χ1) is 7.79. The van der Waals surface area contributed by atoms with Crippen LogP contribution in [-0.4, -0.2) is 16.5 Å². The van der Waals surface area contributed by atoms with E-state index >= 15 is 0 Å². The third-order valence-electron chi connectivity index (χ3n) is 3.36. The molecule has 1 aromatic rings. The topological polar surface area (TPSA) is 37.8 Å². The van der Waals surface area contributed by atoms with Gasteiger partial charge in [0.05, 0.1) is 6.04 Å². The van der Waals surface area contributed by atoms with Crippen molar-refractivity contribution in [3.05, 3.63) is 23.8 Å². The van der Waals surface area contributed by atoms with E-state index in [-0.39, 0.29) is 0 Å². The summed E-state index contributed by atoms with van der Waals surface area (Å²) in [6.45, 7) is 5.15. The van der Waals surface area contributed by atoms with Gasteiger partial charge in [-0.1, -0.05) is 26.2 Å². The van der Waals surface area contributed by atoms with E-state index in [0.29, 0.717) is 6.04 Å². The third kappa shape index (κ3) is 2.79. The number of rotatable bonds is 5. The predicted octanol–water partition coefficient (Wildman–Crippen LogP) is 2.63. The van der Waals surface area contributed by atoms with Gasteiger partial charge >= 0.3 is 0 Å². The summed E-state index contributed by atoms with van der Waals surface area (Å²) in [6, 6.07) is 0.343.